The molecular formula is C15H25ClN2O3S. The van der Waals surface area contributed by atoms with Gasteiger partial charge in [0.15, 0.2) is 0 Å². The molecular weight excluding hydrogens is 324 g/mol. The van der Waals surface area contributed by atoms with Crippen LogP contribution in [0.5, 0.6) is 5.75 Å². The van der Waals surface area contributed by atoms with Gasteiger partial charge in [-0.3, -0.25) is 0 Å². The van der Waals surface area contributed by atoms with E-state index in [1.807, 2.05) is 13.8 Å². The number of methoxy groups -OCH3 is 1. The number of aryl methyl sites for hydroxylation is 2. The number of nitrogens with one attached hydrogen (secondary N) is 2. The molecule has 0 aromatic heterocycles. The first-order valence-electron chi connectivity index (χ1n) is 7.26. The van der Waals surface area contributed by atoms with Crippen LogP contribution in [0.1, 0.15) is 30.9 Å². The topological polar surface area (TPSA) is 67.4 Å². The van der Waals surface area contributed by atoms with Crippen LogP contribution in [0.2, 0.25) is 0 Å². The quantitative estimate of drug-likeness (QED) is 0.875. The van der Waals surface area contributed by atoms with Crippen LogP contribution in [0.25, 0.3) is 0 Å². The van der Waals surface area contributed by atoms with Gasteiger partial charge < -0.3 is 10.1 Å². The Morgan fingerprint density at radius 2 is 1.95 bits per heavy atom. The van der Waals surface area contributed by atoms with Crippen molar-refractivity contribution in [2.75, 3.05) is 13.7 Å². The summed E-state index contributed by atoms with van der Waals surface area (Å²) in [7, 11) is -1.93. The standard InChI is InChI=1S/C15H24N2O3S.ClH/c1-10-9-15(11(2)8-14(10)20-4)21(18,19)17-13-6-5-7-16-12(13)3;/h8-9,12-13,16-17H,5-7H2,1-4H3;1H. The Bertz CT molecular complexity index is 619. The lowest BCUT2D eigenvalue weighted by molar-refractivity contribution is 0.348. The Labute approximate surface area is 139 Å². The van der Waals surface area contributed by atoms with Crippen molar-refractivity contribution in [2.24, 2.45) is 0 Å². The fourth-order valence-corrected chi connectivity index (χ4v) is 4.40. The van der Waals surface area contributed by atoms with E-state index in [0.717, 1.165) is 24.9 Å². The number of hydrogen-bond acceptors (Lipinski definition) is 4. The van der Waals surface area contributed by atoms with Gasteiger partial charge in [0.2, 0.25) is 10.0 Å². The summed E-state index contributed by atoms with van der Waals surface area (Å²) in [5.41, 5.74) is 1.51. The molecule has 0 bridgehead atoms. The van der Waals surface area contributed by atoms with Crippen molar-refractivity contribution >= 4 is 22.4 Å². The highest BCUT2D eigenvalue weighted by molar-refractivity contribution is 7.89. The number of piperidine rings is 1. The third-order valence-electron chi connectivity index (χ3n) is 4.05. The highest BCUT2D eigenvalue weighted by Crippen LogP contribution is 2.26. The minimum atomic E-state index is -3.52. The van der Waals surface area contributed by atoms with Crippen molar-refractivity contribution in [3.63, 3.8) is 0 Å². The predicted octanol–water partition coefficient (Wildman–Crippen LogP) is 2.15. The fourth-order valence-electron chi connectivity index (χ4n) is 2.74. The van der Waals surface area contributed by atoms with Gasteiger partial charge in [-0.25, -0.2) is 13.1 Å². The molecule has 2 N–H and O–H groups in total. The molecule has 5 nitrogen and oxygen atoms in total. The van der Waals surface area contributed by atoms with Gasteiger partial charge in [-0.1, -0.05) is 0 Å². The van der Waals surface area contributed by atoms with Gasteiger partial charge in [0, 0.05) is 12.1 Å². The highest BCUT2D eigenvalue weighted by atomic mass is 35.5. The number of hydrogen-bond donors (Lipinski definition) is 2. The van der Waals surface area contributed by atoms with Crippen LogP contribution in [0.15, 0.2) is 17.0 Å². The summed E-state index contributed by atoms with van der Waals surface area (Å²) in [4.78, 5) is 0.332. The normalized spacial score (nSPS) is 22.0. The molecule has 0 spiro atoms. The molecule has 1 heterocycles. The molecule has 0 saturated carbocycles. The maximum absolute atomic E-state index is 12.6. The van der Waals surface area contributed by atoms with Crippen LogP contribution < -0.4 is 14.8 Å². The second-order valence-electron chi connectivity index (χ2n) is 5.70. The number of benzene rings is 1. The Balaban J connectivity index is 0.00000242. The Hall–Kier alpha value is -0.820. The molecule has 1 fully saturated rings. The second kappa shape index (κ2) is 7.64. The summed E-state index contributed by atoms with van der Waals surface area (Å²) in [6.07, 6.45) is 1.85. The summed E-state index contributed by atoms with van der Waals surface area (Å²) >= 11 is 0. The van der Waals surface area contributed by atoms with E-state index in [0.29, 0.717) is 16.2 Å². The van der Waals surface area contributed by atoms with Gasteiger partial charge in [0.05, 0.1) is 12.0 Å². The van der Waals surface area contributed by atoms with Crippen molar-refractivity contribution in [3.8, 4) is 5.75 Å². The molecule has 22 heavy (non-hydrogen) atoms. The molecule has 2 unspecified atom stereocenters. The zero-order valence-corrected chi connectivity index (χ0v) is 15.1. The lowest BCUT2D eigenvalue weighted by atomic mass is 10.0. The van der Waals surface area contributed by atoms with E-state index in [4.69, 9.17) is 4.74 Å². The van der Waals surface area contributed by atoms with E-state index in [1.54, 1.807) is 26.2 Å². The molecule has 0 amide bonds. The molecule has 1 aliphatic heterocycles. The minimum Gasteiger partial charge on any atom is -0.496 e. The number of ether oxygens (including phenoxy) is 1. The maximum Gasteiger partial charge on any atom is 0.241 e. The molecule has 126 valence electrons. The van der Waals surface area contributed by atoms with E-state index < -0.39 is 10.0 Å². The third kappa shape index (κ3) is 4.13. The zero-order chi connectivity index (χ0) is 15.6. The van der Waals surface area contributed by atoms with Gasteiger partial charge in [0.1, 0.15) is 5.75 Å². The Morgan fingerprint density at radius 3 is 2.55 bits per heavy atom. The zero-order valence-electron chi connectivity index (χ0n) is 13.5. The number of rotatable bonds is 4. The summed E-state index contributed by atoms with van der Waals surface area (Å²) in [5.74, 6) is 0.708. The van der Waals surface area contributed by atoms with E-state index in [1.165, 1.54) is 0 Å². The monoisotopic (exact) mass is 348 g/mol. The first-order valence-corrected chi connectivity index (χ1v) is 8.74. The van der Waals surface area contributed by atoms with E-state index in [9.17, 15) is 8.42 Å². The third-order valence-corrected chi connectivity index (χ3v) is 5.68. The molecule has 1 aromatic rings. The smallest absolute Gasteiger partial charge is 0.241 e. The Morgan fingerprint density at radius 1 is 1.27 bits per heavy atom. The van der Waals surface area contributed by atoms with Gasteiger partial charge in [-0.15, -0.1) is 12.4 Å². The average Bonchev–Trinajstić information content (AvgIpc) is 2.43. The van der Waals surface area contributed by atoms with Crippen LogP contribution in [-0.2, 0) is 10.0 Å². The van der Waals surface area contributed by atoms with Crippen LogP contribution in [0.3, 0.4) is 0 Å². The Kier molecular flexibility index (Phi) is 6.67. The molecule has 1 saturated heterocycles. The van der Waals surface area contributed by atoms with E-state index in [-0.39, 0.29) is 24.5 Å². The minimum absolute atomic E-state index is 0. The van der Waals surface area contributed by atoms with E-state index in [2.05, 4.69) is 10.0 Å². The molecule has 7 heteroatoms. The van der Waals surface area contributed by atoms with Crippen molar-refractivity contribution in [1.82, 2.24) is 10.0 Å². The van der Waals surface area contributed by atoms with Crippen LogP contribution in [0.4, 0.5) is 0 Å². The fraction of sp³-hybridized carbons (Fsp3) is 0.600. The maximum atomic E-state index is 12.6. The lowest BCUT2D eigenvalue weighted by Crippen LogP contribution is -2.51. The van der Waals surface area contributed by atoms with E-state index >= 15 is 0 Å². The molecule has 2 atom stereocenters. The first kappa shape index (κ1) is 19.2. The average molecular weight is 349 g/mol. The van der Waals surface area contributed by atoms with Crippen molar-refractivity contribution in [2.45, 2.75) is 50.6 Å². The first-order chi connectivity index (χ1) is 9.85. The number of sulfonamides is 1. The van der Waals surface area contributed by atoms with Gasteiger partial charge in [0.25, 0.3) is 0 Å². The predicted molar refractivity (Wildman–Crippen MR) is 90.5 cm³/mol. The summed E-state index contributed by atoms with van der Waals surface area (Å²) in [5, 5.41) is 3.30. The van der Waals surface area contributed by atoms with Crippen molar-refractivity contribution in [1.29, 1.82) is 0 Å². The molecule has 1 aromatic carbocycles. The van der Waals surface area contributed by atoms with Crippen LogP contribution >= 0.6 is 12.4 Å². The van der Waals surface area contributed by atoms with Gasteiger partial charge in [-0.05, 0) is 63.4 Å². The largest absolute Gasteiger partial charge is 0.496 e. The van der Waals surface area contributed by atoms with Crippen molar-refractivity contribution in [3.05, 3.63) is 23.3 Å². The summed E-state index contributed by atoms with van der Waals surface area (Å²) in [6.45, 7) is 6.60. The lowest BCUT2D eigenvalue weighted by Gasteiger charge is -2.30. The summed E-state index contributed by atoms with van der Waals surface area (Å²) < 4.78 is 33.3. The summed E-state index contributed by atoms with van der Waals surface area (Å²) in [6, 6.07) is 3.53. The van der Waals surface area contributed by atoms with Gasteiger partial charge in [-0.2, -0.15) is 0 Å². The van der Waals surface area contributed by atoms with Gasteiger partial charge >= 0.3 is 0 Å². The SMILES string of the molecule is COc1cc(C)c(S(=O)(=O)NC2CCCNC2C)cc1C.Cl. The van der Waals surface area contributed by atoms with Crippen molar-refractivity contribution < 1.29 is 13.2 Å². The highest BCUT2D eigenvalue weighted by Gasteiger charge is 2.27. The molecule has 0 aliphatic carbocycles. The number of halogens is 1. The molecule has 1 aliphatic rings. The molecule has 0 radical (unpaired) electrons. The molecule has 2 rings (SSSR count). The van der Waals surface area contributed by atoms with Crippen LogP contribution in [0, 0.1) is 13.8 Å². The second-order valence-corrected chi connectivity index (χ2v) is 7.38. The van der Waals surface area contributed by atoms with Crippen LogP contribution in [-0.4, -0.2) is 34.2 Å².